The maximum Gasteiger partial charge on any atom is 0.172 e. The summed E-state index contributed by atoms with van der Waals surface area (Å²) >= 11 is 1.60. The lowest BCUT2D eigenvalue weighted by Gasteiger charge is -2.04. The fourth-order valence-electron chi connectivity index (χ4n) is 3.42. The van der Waals surface area contributed by atoms with E-state index in [1.807, 2.05) is 6.07 Å². The van der Waals surface area contributed by atoms with Crippen molar-refractivity contribution in [1.82, 2.24) is 4.57 Å². The summed E-state index contributed by atoms with van der Waals surface area (Å²) in [6, 6.07) is 21.0. The van der Waals surface area contributed by atoms with Crippen LogP contribution in [-0.2, 0) is 0 Å². The summed E-state index contributed by atoms with van der Waals surface area (Å²) in [6.07, 6.45) is 3.90. The van der Waals surface area contributed by atoms with Gasteiger partial charge in [-0.3, -0.25) is 4.79 Å². The van der Waals surface area contributed by atoms with E-state index in [9.17, 15) is 4.79 Å². The van der Waals surface area contributed by atoms with Gasteiger partial charge in [0.25, 0.3) is 0 Å². The van der Waals surface area contributed by atoms with Crippen molar-refractivity contribution in [3.05, 3.63) is 65.5 Å². The van der Waals surface area contributed by atoms with E-state index in [4.69, 9.17) is 0 Å². The minimum Gasteiger partial charge on any atom is -0.301 e. The molecule has 0 saturated heterocycles. The molecular formula is C22H21NOS. The van der Waals surface area contributed by atoms with Gasteiger partial charge in [0.1, 0.15) is 5.00 Å². The molecule has 0 unspecified atom stereocenters. The first-order chi connectivity index (χ1) is 12.3. The van der Waals surface area contributed by atoms with Crippen molar-refractivity contribution in [2.45, 2.75) is 32.6 Å². The number of carbonyl (C=O) groups is 1. The van der Waals surface area contributed by atoms with E-state index >= 15 is 0 Å². The molecule has 0 atom stereocenters. The first-order valence-corrected chi connectivity index (χ1v) is 9.73. The largest absolute Gasteiger partial charge is 0.301 e. The van der Waals surface area contributed by atoms with Crippen LogP contribution in [0.1, 0.15) is 42.3 Å². The number of thiophene rings is 1. The Labute approximate surface area is 151 Å². The number of hydrogen-bond acceptors (Lipinski definition) is 2. The Morgan fingerprint density at radius 3 is 2.16 bits per heavy atom. The Morgan fingerprint density at radius 2 is 1.52 bits per heavy atom. The second-order valence-electron chi connectivity index (χ2n) is 6.39. The number of para-hydroxylation sites is 2. The zero-order valence-corrected chi connectivity index (χ0v) is 15.2. The molecule has 0 spiro atoms. The highest BCUT2D eigenvalue weighted by Gasteiger charge is 2.15. The molecule has 0 N–H and O–H groups in total. The van der Waals surface area contributed by atoms with Gasteiger partial charge in [0.2, 0.25) is 0 Å². The first-order valence-electron chi connectivity index (χ1n) is 8.91. The predicted octanol–water partition coefficient (Wildman–Crippen LogP) is 6.61. The Kier molecular flexibility index (Phi) is 4.41. The number of nitrogens with zero attached hydrogens (tertiary/aromatic N) is 1. The predicted molar refractivity (Wildman–Crippen MR) is 107 cm³/mol. The summed E-state index contributed by atoms with van der Waals surface area (Å²) in [5.41, 5.74) is 2.38. The highest BCUT2D eigenvalue weighted by molar-refractivity contribution is 7.16. The molecule has 2 nitrogen and oxygen atoms in total. The van der Waals surface area contributed by atoms with Gasteiger partial charge >= 0.3 is 0 Å². The van der Waals surface area contributed by atoms with Crippen molar-refractivity contribution in [3.63, 3.8) is 0 Å². The number of Topliss-reactive ketones (excluding diaryl/α,β-unsaturated/α-hetero) is 1. The minimum atomic E-state index is 0.269. The zero-order valence-electron chi connectivity index (χ0n) is 14.4. The fraction of sp³-hybridized carbons (Fsp3) is 0.227. The van der Waals surface area contributed by atoms with Gasteiger partial charge < -0.3 is 4.57 Å². The molecule has 4 rings (SSSR count). The lowest BCUT2D eigenvalue weighted by molar-refractivity contribution is 0.0983. The van der Waals surface area contributed by atoms with Crippen LogP contribution in [0, 0.1) is 0 Å². The quantitative estimate of drug-likeness (QED) is 0.284. The molecule has 0 aliphatic carbocycles. The topological polar surface area (TPSA) is 22.0 Å². The van der Waals surface area contributed by atoms with E-state index in [1.54, 1.807) is 11.3 Å². The Morgan fingerprint density at radius 1 is 0.880 bits per heavy atom. The monoisotopic (exact) mass is 347 g/mol. The molecule has 0 aliphatic heterocycles. The molecule has 0 bridgehead atoms. The molecule has 25 heavy (non-hydrogen) atoms. The number of ketones is 1. The van der Waals surface area contributed by atoms with Gasteiger partial charge in [-0.1, -0.05) is 56.2 Å². The molecule has 0 saturated carbocycles. The van der Waals surface area contributed by atoms with Gasteiger partial charge in [0, 0.05) is 17.2 Å². The van der Waals surface area contributed by atoms with Crippen molar-refractivity contribution < 1.29 is 4.79 Å². The summed E-state index contributed by atoms with van der Waals surface area (Å²) in [7, 11) is 0. The van der Waals surface area contributed by atoms with Gasteiger partial charge in [-0.15, -0.1) is 11.3 Å². The maximum atomic E-state index is 12.4. The number of unbranched alkanes of at least 4 members (excludes halogenated alkanes) is 2. The second-order valence-corrected chi connectivity index (χ2v) is 7.45. The third-order valence-corrected chi connectivity index (χ3v) is 5.79. The van der Waals surface area contributed by atoms with Crippen LogP contribution < -0.4 is 0 Å². The van der Waals surface area contributed by atoms with Crippen molar-refractivity contribution in [1.29, 1.82) is 0 Å². The van der Waals surface area contributed by atoms with Gasteiger partial charge in [-0.05, 0) is 30.7 Å². The maximum absolute atomic E-state index is 12.4. The highest BCUT2D eigenvalue weighted by atomic mass is 32.1. The highest BCUT2D eigenvalue weighted by Crippen LogP contribution is 2.34. The van der Waals surface area contributed by atoms with Gasteiger partial charge in [-0.2, -0.15) is 0 Å². The number of aromatic nitrogens is 1. The van der Waals surface area contributed by atoms with Crippen molar-refractivity contribution in [3.8, 4) is 5.00 Å². The molecule has 0 radical (unpaired) electrons. The van der Waals surface area contributed by atoms with E-state index in [0.29, 0.717) is 6.42 Å². The molecule has 2 heterocycles. The lowest BCUT2D eigenvalue weighted by atomic mass is 10.1. The van der Waals surface area contributed by atoms with Crippen molar-refractivity contribution >= 4 is 38.9 Å². The third-order valence-electron chi connectivity index (χ3n) is 4.67. The van der Waals surface area contributed by atoms with Gasteiger partial charge in [-0.25, -0.2) is 0 Å². The van der Waals surface area contributed by atoms with E-state index in [-0.39, 0.29) is 5.78 Å². The van der Waals surface area contributed by atoms with Crippen molar-refractivity contribution in [2.24, 2.45) is 0 Å². The van der Waals surface area contributed by atoms with Crippen LogP contribution in [0.15, 0.2) is 60.7 Å². The zero-order chi connectivity index (χ0) is 17.2. The van der Waals surface area contributed by atoms with Crippen LogP contribution in [-0.4, -0.2) is 10.4 Å². The Hall–Kier alpha value is -2.39. The van der Waals surface area contributed by atoms with Crippen LogP contribution >= 0.6 is 11.3 Å². The number of rotatable bonds is 6. The van der Waals surface area contributed by atoms with Crippen LogP contribution in [0.5, 0.6) is 0 Å². The van der Waals surface area contributed by atoms with Crippen LogP contribution in [0.25, 0.3) is 26.8 Å². The molecule has 0 aliphatic rings. The fourth-order valence-corrected chi connectivity index (χ4v) is 4.42. The average molecular weight is 347 g/mol. The number of hydrogen-bond donors (Lipinski definition) is 0. The van der Waals surface area contributed by atoms with E-state index in [1.165, 1.54) is 21.8 Å². The number of carbonyl (C=O) groups excluding carboxylic acids is 1. The van der Waals surface area contributed by atoms with Crippen LogP contribution in [0.3, 0.4) is 0 Å². The molecule has 4 aromatic rings. The molecular weight excluding hydrogens is 326 g/mol. The SMILES string of the molecule is CCCCCC(=O)c1ccc(-n2c3ccccc3c3ccccc32)s1. The minimum absolute atomic E-state index is 0.269. The summed E-state index contributed by atoms with van der Waals surface area (Å²) in [4.78, 5) is 13.3. The Balaban J connectivity index is 1.78. The Bertz CT molecular complexity index is 987. The average Bonchev–Trinajstić information content (AvgIpc) is 3.24. The van der Waals surface area contributed by atoms with Crippen LogP contribution in [0.4, 0.5) is 0 Å². The van der Waals surface area contributed by atoms with E-state index in [2.05, 4.69) is 66.1 Å². The standard InChI is InChI=1S/C22H21NOS/c1-2-3-4-13-20(24)21-14-15-22(25-21)23-18-11-7-5-9-16(18)17-10-6-8-12-19(17)23/h5-12,14-15H,2-4,13H2,1H3. The smallest absolute Gasteiger partial charge is 0.172 e. The first kappa shape index (κ1) is 16.1. The van der Waals surface area contributed by atoms with E-state index < -0.39 is 0 Å². The third kappa shape index (κ3) is 2.89. The van der Waals surface area contributed by atoms with Crippen molar-refractivity contribution in [2.75, 3.05) is 0 Å². The van der Waals surface area contributed by atoms with E-state index in [0.717, 1.165) is 29.1 Å². The molecule has 2 aromatic heterocycles. The normalized spacial score (nSPS) is 11.4. The number of benzene rings is 2. The molecule has 126 valence electrons. The summed E-state index contributed by atoms with van der Waals surface area (Å²) < 4.78 is 2.28. The molecule has 3 heteroatoms. The molecule has 0 fully saturated rings. The summed E-state index contributed by atoms with van der Waals surface area (Å²) in [5, 5.41) is 3.61. The van der Waals surface area contributed by atoms with Crippen LogP contribution in [0.2, 0.25) is 0 Å². The number of fused-ring (bicyclic) bond motifs is 3. The summed E-state index contributed by atoms with van der Waals surface area (Å²) in [6.45, 7) is 2.16. The lowest BCUT2D eigenvalue weighted by Crippen LogP contribution is -1.95. The molecule has 2 aromatic carbocycles. The summed E-state index contributed by atoms with van der Waals surface area (Å²) in [5.74, 6) is 0.269. The second kappa shape index (κ2) is 6.85. The molecule has 0 amide bonds. The van der Waals surface area contributed by atoms with Gasteiger partial charge in [0.15, 0.2) is 5.78 Å². The van der Waals surface area contributed by atoms with Gasteiger partial charge in [0.05, 0.1) is 15.9 Å².